The summed E-state index contributed by atoms with van der Waals surface area (Å²) in [6.45, 7) is 5.89. The van der Waals surface area contributed by atoms with Gasteiger partial charge in [-0.15, -0.1) is 22.7 Å². The maximum Gasteiger partial charge on any atom is 0.191 e. The predicted octanol–water partition coefficient (Wildman–Crippen LogP) is 3.29. The number of nitrogens with zero attached hydrogens (tertiary/aromatic N) is 1. The first kappa shape index (κ1) is 14.1. The Labute approximate surface area is 122 Å². The largest absolute Gasteiger partial charge is 0.352 e. The molecule has 0 atom stereocenters. The van der Waals surface area contributed by atoms with Gasteiger partial charge in [-0.05, 0) is 38.1 Å². The van der Waals surface area contributed by atoms with E-state index < -0.39 is 0 Å². The number of guanidine groups is 1. The third kappa shape index (κ3) is 4.36. The van der Waals surface area contributed by atoms with Crippen LogP contribution in [0.2, 0.25) is 0 Å². The highest BCUT2D eigenvalue weighted by Gasteiger charge is 2.01. The molecule has 0 radical (unpaired) electrons. The maximum absolute atomic E-state index is 4.24. The molecule has 102 valence electrons. The summed E-state index contributed by atoms with van der Waals surface area (Å²) in [5, 5.41) is 6.66. The standard InChI is InChI=1S/C14H19N3S2/c1-10-4-6-12(18-10)8-16-14(15-3)17-9-13-7-5-11(2)19-13/h4-7H,8-9H2,1-3H3,(H2,15,16,17). The highest BCUT2D eigenvalue weighted by Crippen LogP contribution is 2.15. The number of thiophene rings is 2. The highest BCUT2D eigenvalue weighted by molar-refractivity contribution is 7.12. The smallest absolute Gasteiger partial charge is 0.191 e. The van der Waals surface area contributed by atoms with Crippen LogP contribution in [0.3, 0.4) is 0 Å². The van der Waals surface area contributed by atoms with Gasteiger partial charge in [0.25, 0.3) is 0 Å². The van der Waals surface area contributed by atoms with Gasteiger partial charge in [-0.25, -0.2) is 0 Å². The van der Waals surface area contributed by atoms with E-state index in [-0.39, 0.29) is 0 Å². The fourth-order valence-electron chi connectivity index (χ4n) is 1.72. The summed E-state index contributed by atoms with van der Waals surface area (Å²) in [5.74, 6) is 0.845. The molecular weight excluding hydrogens is 274 g/mol. The van der Waals surface area contributed by atoms with E-state index in [2.05, 4.69) is 53.7 Å². The second-order valence-electron chi connectivity index (χ2n) is 4.30. The Balaban J connectivity index is 1.80. The molecule has 0 spiro atoms. The lowest BCUT2D eigenvalue weighted by Crippen LogP contribution is -2.35. The third-order valence-electron chi connectivity index (χ3n) is 2.68. The summed E-state index contributed by atoms with van der Waals surface area (Å²) >= 11 is 3.63. The van der Waals surface area contributed by atoms with Crippen molar-refractivity contribution in [3.05, 3.63) is 43.8 Å². The first-order valence-corrected chi connectivity index (χ1v) is 7.86. The van der Waals surface area contributed by atoms with Crippen LogP contribution in [0.4, 0.5) is 0 Å². The van der Waals surface area contributed by atoms with E-state index in [0.29, 0.717) is 0 Å². The van der Waals surface area contributed by atoms with Gasteiger partial charge in [0.15, 0.2) is 5.96 Å². The van der Waals surface area contributed by atoms with Crippen LogP contribution < -0.4 is 10.6 Å². The number of hydrogen-bond donors (Lipinski definition) is 2. The molecule has 0 aromatic carbocycles. The average molecular weight is 293 g/mol. The molecule has 0 aliphatic carbocycles. The molecule has 0 bridgehead atoms. The van der Waals surface area contributed by atoms with Gasteiger partial charge >= 0.3 is 0 Å². The lowest BCUT2D eigenvalue weighted by atomic mass is 10.4. The van der Waals surface area contributed by atoms with E-state index in [0.717, 1.165) is 19.0 Å². The van der Waals surface area contributed by atoms with Crippen molar-refractivity contribution in [2.24, 2.45) is 4.99 Å². The Kier molecular flexibility index (Phi) is 4.99. The monoisotopic (exact) mass is 293 g/mol. The second kappa shape index (κ2) is 6.73. The summed E-state index contributed by atoms with van der Waals surface area (Å²) in [6, 6.07) is 8.60. The molecule has 2 aromatic heterocycles. The van der Waals surface area contributed by atoms with E-state index in [1.165, 1.54) is 19.5 Å². The van der Waals surface area contributed by atoms with Crippen molar-refractivity contribution >= 4 is 28.6 Å². The van der Waals surface area contributed by atoms with Crippen molar-refractivity contribution in [3.63, 3.8) is 0 Å². The zero-order valence-corrected chi connectivity index (χ0v) is 13.1. The van der Waals surface area contributed by atoms with E-state index in [9.17, 15) is 0 Å². The third-order valence-corrected chi connectivity index (χ3v) is 4.68. The Morgan fingerprint density at radius 1 is 0.947 bits per heavy atom. The summed E-state index contributed by atoms with van der Waals surface area (Å²) in [5.41, 5.74) is 0. The molecule has 2 N–H and O–H groups in total. The highest BCUT2D eigenvalue weighted by atomic mass is 32.1. The lowest BCUT2D eigenvalue weighted by molar-refractivity contribution is 0.822. The number of hydrogen-bond acceptors (Lipinski definition) is 3. The van der Waals surface area contributed by atoms with Crippen molar-refractivity contribution in [2.75, 3.05) is 7.05 Å². The number of rotatable bonds is 4. The van der Waals surface area contributed by atoms with Crippen LogP contribution in [0.1, 0.15) is 19.5 Å². The molecule has 19 heavy (non-hydrogen) atoms. The molecule has 0 aliphatic heterocycles. The van der Waals surface area contributed by atoms with E-state index in [1.54, 1.807) is 7.05 Å². The molecule has 0 amide bonds. The van der Waals surface area contributed by atoms with Crippen molar-refractivity contribution in [1.29, 1.82) is 0 Å². The maximum atomic E-state index is 4.24. The van der Waals surface area contributed by atoms with Gasteiger partial charge in [-0.3, -0.25) is 4.99 Å². The molecule has 3 nitrogen and oxygen atoms in total. The molecule has 2 heterocycles. The average Bonchev–Trinajstić information content (AvgIpc) is 2.99. The minimum Gasteiger partial charge on any atom is -0.352 e. The minimum absolute atomic E-state index is 0.821. The quantitative estimate of drug-likeness (QED) is 0.670. The molecule has 0 unspecified atom stereocenters. The molecule has 2 aromatic rings. The Morgan fingerprint density at radius 3 is 1.74 bits per heavy atom. The molecule has 0 saturated heterocycles. The molecule has 0 aliphatic rings. The fraction of sp³-hybridized carbons (Fsp3) is 0.357. The minimum atomic E-state index is 0.821. The van der Waals surface area contributed by atoms with Crippen LogP contribution in [-0.2, 0) is 13.1 Å². The Bertz CT molecular complexity index is 508. The molecule has 0 saturated carbocycles. The van der Waals surface area contributed by atoms with Gasteiger partial charge in [0.05, 0.1) is 13.1 Å². The predicted molar refractivity (Wildman–Crippen MR) is 85.2 cm³/mol. The number of nitrogens with one attached hydrogen (secondary N) is 2. The molecule has 5 heteroatoms. The van der Waals surface area contributed by atoms with Gasteiger partial charge in [-0.1, -0.05) is 0 Å². The van der Waals surface area contributed by atoms with E-state index in [1.807, 2.05) is 22.7 Å². The van der Waals surface area contributed by atoms with Crippen LogP contribution in [-0.4, -0.2) is 13.0 Å². The Morgan fingerprint density at radius 2 is 1.42 bits per heavy atom. The second-order valence-corrected chi connectivity index (χ2v) is 7.05. The SMILES string of the molecule is CN=C(NCc1ccc(C)s1)NCc1ccc(C)s1. The van der Waals surface area contributed by atoms with E-state index in [4.69, 9.17) is 0 Å². The topological polar surface area (TPSA) is 36.4 Å². The van der Waals surface area contributed by atoms with Crippen molar-refractivity contribution in [3.8, 4) is 0 Å². The summed E-state index contributed by atoms with van der Waals surface area (Å²) < 4.78 is 0. The van der Waals surface area contributed by atoms with E-state index >= 15 is 0 Å². The zero-order valence-electron chi connectivity index (χ0n) is 11.5. The number of aliphatic imine (C=N–C) groups is 1. The van der Waals surface area contributed by atoms with Crippen LogP contribution >= 0.6 is 22.7 Å². The fourth-order valence-corrected chi connectivity index (χ4v) is 3.38. The normalized spacial score (nSPS) is 10.3. The first-order valence-electron chi connectivity index (χ1n) is 6.22. The first-order chi connectivity index (χ1) is 9.17. The summed E-state index contributed by atoms with van der Waals surface area (Å²) in [7, 11) is 1.80. The van der Waals surface area contributed by atoms with Crippen LogP contribution in [0.15, 0.2) is 29.3 Å². The molecule has 2 rings (SSSR count). The van der Waals surface area contributed by atoms with Gasteiger partial charge in [0, 0.05) is 26.6 Å². The van der Waals surface area contributed by atoms with Gasteiger partial charge in [-0.2, -0.15) is 0 Å². The molecular formula is C14H19N3S2. The van der Waals surface area contributed by atoms with Crippen LogP contribution in [0, 0.1) is 13.8 Å². The lowest BCUT2D eigenvalue weighted by Gasteiger charge is -2.10. The van der Waals surface area contributed by atoms with Crippen molar-refractivity contribution in [1.82, 2.24) is 10.6 Å². The van der Waals surface area contributed by atoms with Crippen LogP contribution in [0.25, 0.3) is 0 Å². The van der Waals surface area contributed by atoms with Gasteiger partial charge < -0.3 is 10.6 Å². The number of aryl methyl sites for hydroxylation is 2. The van der Waals surface area contributed by atoms with Crippen LogP contribution in [0.5, 0.6) is 0 Å². The molecule has 0 fully saturated rings. The Hall–Kier alpha value is -1.33. The van der Waals surface area contributed by atoms with Crippen molar-refractivity contribution < 1.29 is 0 Å². The summed E-state index contributed by atoms with van der Waals surface area (Å²) in [4.78, 5) is 9.57. The zero-order chi connectivity index (χ0) is 13.7. The van der Waals surface area contributed by atoms with Gasteiger partial charge in [0.1, 0.15) is 0 Å². The van der Waals surface area contributed by atoms with Crippen molar-refractivity contribution in [2.45, 2.75) is 26.9 Å². The van der Waals surface area contributed by atoms with Gasteiger partial charge in [0.2, 0.25) is 0 Å². The summed E-state index contributed by atoms with van der Waals surface area (Å²) in [6.07, 6.45) is 0.